The van der Waals surface area contributed by atoms with E-state index in [4.69, 9.17) is 4.74 Å². The van der Waals surface area contributed by atoms with Gasteiger partial charge in [-0.3, -0.25) is 4.57 Å². The first-order valence-corrected chi connectivity index (χ1v) is 10.7. The lowest BCUT2D eigenvalue weighted by Crippen LogP contribution is -2.30. The number of imidazole rings is 1. The Kier molecular flexibility index (Phi) is 5.26. The maximum Gasteiger partial charge on any atom is 0.412 e. The van der Waals surface area contributed by atoms with E-state index < -0.39 is 17.7 Å². The first-order chi connectivity index (χ1) is 15.8. The Morgan fingerprint density at radius 2 is 2.00 bits per heavy atom. The Hall–Kier alpha value is -3.50. The average Bonchev–Trinajstić information content (AvgIpc) is 3.44. The van der Waals surface area contributed by atoms with E-state index in [1.54, 1.807) is 27.8 Å². The number of aromatic nitrogens is 7. The minimum Gasteiger partial charge on any atom is -0.478 e. The molecule has 0 fully saturated rings. The summed E-state index contributed by atoms with van der Waals surface area (Å²) in [6.45, 7) is 2.46. The van der Waals surface area contributed by atoms with Gasteiger partial charge in [0, 0.05) is 30.2 Å². The fourth-order valence-corrected chi connectivity index (χ4v) is 4.53. The Morgan fingerprint density at radius 1 is 1.15 bits per heavy atom. The number of aryl methyl sites for hydroxylation is 2. The summed E-state index contributed by atoms with van der Waals surface area (Å²) in [5.41, 5.74) is 0.708. The number of nitrogens with zero attached hydrogens (tertiary/aromatic N) is 7. The van der Waals surface area contributed by atoms with Crippen LogP contribution in [-0.4, -0.2) is 47.6 Å². The Bertz CT molecular complexity index is 1240. The Morgan fingerprint density at radius 3 is 2.73 bits per heavy atom. The van der Waals surface area contributed by atoms with Gasteiger partial charge >= 0.3 is 6.18 Å². The third-order valence-corrected chi connectivity index (χ3v) is 6.03. The molecule has 1 unspecified atom stereocenters. The molecular formula is C22H22F3N7O. The van der Waals surface area contributed by atoms with Gasteiger partial charge in [0.15, 0.2) is 0 Å². The van der Waals surface area contributed by atoms with Gasteiger partial charge in [0.25, 0.3) is 5.88 Å². The number of alkyl halides is 3. The fourth-order valence-electron chi connectivity index (χ4n) is 4.53. The van der Waals surface area contributed by atoms with E-state index in [0.29, 0.717) is 42.5 Å². The zero-order chi connectivity index (χ0) is 23.2. The summed E-state index contributed by atoms with van der Waals surface area (Å²) in [5, 5.41) is 4.54. The summed E-state index contributed by atoms with van der Waals surface area (Å²) in [5.74, 6) is 0.563. The highest BCUT2D eigenvalue weighted by molar-refractivity contribution is 5.51. The standard InChI is InChI=1S/C22H22F3N7O/c1-13-11-31(12-27-13)20-21(33-2)28-17(10-26-20)18-29-19-15(7-5-9-32(19)30-18)14-6-3-4-8-16(14)22(23,24)25/h3-4,8,10-12,14-15H,5-7,9H2,1-2H3/t14?,15-/m0/s1. The first-order valence-electron chi connectivity index (χ1n) is 10.7. The highest BCUT2D eigenvalue weighted by atomic mass is 19.4. The van der Waals surface area contributed by atoms with Crippen molar-refractivity contribution in [1.82, 2.24) is 34.3 Å². The minimum absolute atomic E-state index is 0.272. The van der Waals surface area contributed by atoms with Gasteiger partial charge in [-0.25, -0.2) is 24.6 Å². The van der Waals surface area contributed by atoms with Crippen LogP contribution in [0, 0.1) is 12.8 Å². The lowest BCUT2D eigenvalue weighted by molar-refractivity contribution is -0.101. The number of hydrogen-bond donors (Lipinski definition) is 0. The fraction of sp³-hybridized carbons (Fsp3) is 0.409. The van der Waals surface area contributed by atoms with Crippen LogP contribution < -0.4 is 4.74 Å². The summed E-state index contributed by atoms with van der Waals surface area (Å²) in [6.07, 6.45) is 6.69. The van der Waals surface area contributed by atoms with Crippen LogP contribution in [0.4, 0.5) is 13.2 Å². The van der Waals surface area contributed by atoms with E-state index in [0.717, 1.165) is 12.1 Å². The van der Waals surface area contributed by atoms with Crippen molar-refractivity contribution in [3.63, 3.8) is 0 Å². The molecule has 33 heavy (non-hydrogen) atoms. The van der Waals surface area contributed by atoms with Crippen LogP contribution in [0.1, 0.15) is 36.7 Å². The van der Waals surface area contributed by atoms with Crippen LogP contribution in [0.3, 0.4) is 0 Å². The third-order valence-electron chi connectivity index (χ3n) is 6.03. The number of hydrogen-bond acceptors (Lipinski definition) is 6. The molecule has 0 spiro atoms. The molecule has 172 valence electrons. The van der Waals surface area contributed by atoms with Crippen LogP contribution in [-0.2, 0) is 6.54 Å². The molecule has 4 heterocycles. The van der Waals surface area contributed by atoms with E-state index in [9.17, 15) is 13.2 Å². The molecule has 3 aromatic rings. The first kappa shape index (κ1) is 21.4. The lowest BCUT2D eigenvalue weighted by Gasteiger charge is -2.32. The SMILES string of the molecule is COc1nc(-c2nc3n(n2)CCC[C@H]3C2CC=CC=C2C(F)(F)F)cnc1-n1cnc(C)c1. The van der Waals surface area contributed by atoms with Crippen LogP contribution >= 0.6 is 0 Å². The van der Waals surface area contributed by atoms with Gasteiger partial charge in [0.2, 0.25) is 11.6 Å². The number of allylic oxidation sites excluding steroid dienone is 4. The number of methoxy groups -OCH3 is 1. The molecule has 1 aliphatic carbocycles. The van der Waals surface area contributed by atoms with E-state index >= 15 is 0 Å². The topological polar surface area (TPSA) is 83.5 Å². The van der Waals surface area contributed by atoms with Crippen LogP contribution in [0.15, 0.2) is 42.5 Å². The molecule has 0 N–H and O–H groups in total. The molecule has 1 aliphatic heterocycles. The second kappa shape index (κ2) is 8.13. The molecule has 0 amide bonds. The van der Waals surface area contributed by atoms with Gasteiger partial charge in [0.1, 0.15) is 17.8 Å². The maximum absolute atomic E-state index is 13.7. The molecule has 5 rings (SSSR count). The molecular weight excluding hydrogens is 435 g/mol. The highest BCUT2D eigenvalue weighted by Crippen LogP contribution is 2.45. The molecule has 11 heteroatoms. The van der Waals surface area contributed by atoms with Gasteiger partial charge in [-0.05, 0) is 26.2 Å². The summed E-state index contributed by atoms with van der Waals surface area (Å²) in [4.78, 5) is 17.8. The van der Waals surface area contributed by atoms with Crippen LogP contribution in [0.5, 0.6) is 5.88 Å². The van der Waals surface area contributed by atoms with Crippen molar-refractivity contribution in [1.29, 1.82) is 0 Å². The summed E-state index contributed by atoms with van der Waals surface area (Å²) in [6, 6.07) is 0. The van der Waals surface area contributed by atoms with Crippen molar-refractivity contribution in [3.05, 3.63) is 54.0 Å². The Labute approximate surface area is 187 Å². The van der Waals surface area contributed by atoms with E-state index in [-0.39, 0.29) is 11.8 Å². The summed E-state index contributed by atoms with van der Waals surface area (Å²) in [7, 11) is 1.49. The van der Waals surface area contributed by atoms with Crippen molar-refractivity contribution in [2.75, 3.05) is 7.11 Å². The maximum atomic E-state index is 13.7. The molecule has 2 aliphatic rings. The predicted octanol–water partition coefficient (Wildman–Crippen LogP) is 4.18. The van der Waals surface area contributed by atoms with Gasteiger partial charge < -0.3 is 4.74 Å². The second-order valence-electron chi connectivity index (χ2n) is 8.17. The molecule has 0 bridgehead atoms. The molecule has 0 saturated heterocycles. The van der Waals surface area contributed by atoms with E-state index in [2.05, 4.69) is 25.0 Å². The second-order valence-corrected chi connectivity index (χ2v) is 8.17. The summed E-state index contributed by atoms with van der Waals surface area (Å²) < 4.78 is 49.8. The van der Waals surface area contributed by atoms with Crippen molar-refractivity contribution in [2.45, 2.75) is 44.8 Å². The van der Waals surface area contributed by atoms with Gasteiger partial charge in [-0.1, -0.05) is 18.2 Å². The van der Waals surface area contributed by atoms with Crippen LogP contribution in [0.2, 0.25) is 0 Å². The van der Waals surface area contributed by atoms with Crippen molar-refractivity contribution < 1.29 is 17.9 Å². The monoisotopic (exact) mass is 457 g/mol. The highest BCUT2D eigenvalue weighted by Gasteiger charge is 2.44. The van der Waals surface area contributed by atoms with E-state index in [1.165, 1.54) is 25.5 Å². The quantitative estimate of drug-likeness (QED) is 0.585. The molecule has 2 atom stereocenters. The molecule has 3 aromatic heterocycles. The molecule has 0 saturated carbocycles. The minimum atomic E-state index is -4.37. The number of halogens is 3. The van der Waals surface area contributed by atoms with Crippen molar-refractivity contribution >= 4 is 0 Å². The largest absolute Gasteiger partial charge is 0.478 e. The zero-order valence-corrected chi connectivity index (χ0v) is 18.1. The zero-order valence-electron chi connectivity index (χ0n) is 18.1. The number of fused-ring (bicyclic) bond motifs is 1. The predicted molar refractivity (Wildman–Crippen MR) is 113 cm³/mol. The normalized spacial score (nSPS) is 20.5. The van der Waals surface area contributed by atoms with Gasteiger partial charge in [-0.2, -0.15) is 13.2 Å². The van der Waals surface area contributed by atoms with Crippen LogP contribution in [0.25, 0.3) is 17.3 Å². The van der Waals surface area contributed by atoms with Gasteiger partial charge in [0.05, 0.1) is 19.0 Å². The molecule has 0 radical (unpaired) electrons. The number of rotatable bonds is 4. The van der Waals surface area contributed by atoms with Crippen molar-refractivity contribution in [2.24, 2.45) is 5.92 Å². The smallest absolute Gasteiger partial charge is 0.412 e. The average molecular weight is 457 g/mol. The summed E-state index contributed by atoms with van der Waals surface area (Å²) >= 11 is 0. The lowest BCUT2D eigenvalue weighted by atomic mass is 9.77. The molecule has 8 nitrogen and oxygen atoms in total. The molecule has 0 aromatic carbocycles. The Balaban J connectivity index is 1.50. The number of ether oxygens (including phenoxy) is 1. The van der Waals surface area contributed by atoms with Crippen molar-refractivity contribution in [3.8, 4) is 23.2 Å². The van der Waals surface area contributed by atoms with E-state index in [1.807, 2.05) is 6.92 Å². The third kappa shape index (κ3) is 3.91. The van der Waals surface area contributed by atoms with Gasteiger partial charge in [-0.15, -0.1) is 5.10 Å².